The molecule has 5 heteroatoms. The quantitative estimate of drug-likeness (QED) is 0.731. The molecule has 0 aromatic carbocycles. The van der Waals surface area contributed by atoms with Gasteiger partial charge in [0.15, 0.2) is 0 Å². The third-order valence-electron chi connectivity index (χ3n) is 3.46. The van der Waals surface area contributed by atoms with Crippen LogP contribution in [0.25, 0.3) is 0 Å². The molecule has 4 nitrogen and oxygen atoms in total. The lowest BCUT2D eigenvalue weighted by atomic mass is 10.3. The first-order valence-corrected chi connectivity index (χ1v) is 7.98. The first kappa shape index (κ1) is 15.8. The molecule has 1 saturated heterocycles. The van der Waals surface area contributed by atoms with Crippen LogP contribution in [0.5, 0.6) is 0 Å². The van der Waals surface area contributed by atoms with Gasteiger partial charge in [0.2, 0.25) is 5.91 Å². The Balaban J connectivity index is 2.30. The Morgan fingerprint density at radius 3 is 2.78 bits per heavy atom. The fourth-order valence-corrected chi connectivity index (χ4v) is 2.48. The number of carbonyl (C=O) groups excluding carboxylic acids is 1. The first-order valence-electron chi connectivity index (χ1n) is 6.69. The van der Waals surface area contributed by atoms with Crippen LogP contribution in [0.3, 0.4) is 0 Å². The number of thioether (sulfide) groups is 1. The maximum atomic E-state index is 11.7. The highest BCUT2D eigenvalue weighted by atomic mass is 32.2. The van der Waals surface area contributed by atoms with Gasteiger partial charge in [0.25, 0.3) is 0 Å². The molecule has 106 valence electrons. The van der Waals surface area contributed by atoms with E-state index >= 15 is 0 Å². The Morgan fingerprint density at radius 2 is 2.11 bits per heavy atom. The molecule has 1 heterocycles. The standard InChI is InChI=1S/C13H26N2O2S/c1-12(18-3)5-8-14-6-4-7-15(10-9-14)13(16)11-17-2/h12H,4-11H2,1-3H3. The van der Waals surface area contributed by atoms with Crippen LogP contribution in [0.1, 0.15) is 19.8 Å². The van der Waals surface area contributed by atoms with E-state index in [-0.39, 0.29) is 12.5 Å². The number of ether oxygens (including phenoxy) is 1. The zero-order valence-electron chi connectivity index (χ0n) is 11.9. The zero-order chi connectivity index (χ0) is 13.4. The Kier molecular flexibility index (Phi) is 7.70. The van der Waals surface area contributed by atoms with Crippen LogP contribution in [-0.4, -0.2) is 73.7 Å². The molecule has 1 rings (SSSR count). The van der Waals surface area contributed by atoms with E-state index in [0.29, 0.717) is 0 Å². The molecular weight excluding hydrogens is 248 g/mol. The minimum Gasteiger partial charge on any atom is -0.375 e. The normalized spacial score (nSPS) is 19.6. The number of hydrogen-bond donors (Lipinski definition) is 0. The number of nitrogens with zero attached hydrogens (tertiary/aromatic N) is 2. The predicted molar refractivity (Wildman–Crippen MR) is 77.1 cm³/mol. The van der Waals surface area contributed by atoms with E-state index in [9.17, 15) is 4.79 Å². The van der Waals surface area contributed by atoms with Crippen molar-refractivity contribution in [1.29, 1.82) is 0 Å². The lowest BCUT2D eigenvalue weighted by Gasteiger charge is -2.22. The Hall–Kier alpha value is -0.260. The van der Waals surface area contributed by atoms with Gasteiger partial charge in [0.05, 0.1) is 0 Å². The minimum absolute atomic E-state index is 0.122. The molecule has 0 aromatic heterocycles. The van der Waals surface area contributed by atoms with E-state index < -0.39 is 0 Å². The molecule has 1 aliphatic rings. The molecule has 1 atom stereocenters. The van der Waals surface area contributed by atoms with Crippen LogP contribution in [0.2, 0.25) is 0 Å². The van der Waals surface area contributed by atoms with Gasteiger partial charge in [-0.1, -0.05) is 6.92 Å². The number of methoxy groups -OCH3 is 1. The zero-order valence-corrected chi connectivity index (χ0v) is 12.7. The summed E-state index contributed by atoms with van der Waals surface area (Å²) in [6, 6.07) is 0. The Bertz CT molecular complexity index is 251. The van der Waals surface area contributed by atoms with E-state index in [1.807, 2.05) is 16.7 Å². The van der Waals surface area contributed by atoms with Crippen molar-refractivity contribution in [2.75, 3.05) is 52.7 Å². The Morgan fingerprint density at radius 1 is 1.33 bits per heavy atom. The van der Waals surface area contributed by atoms with Crippen molar-refractivity contribution in [1.82, 2.24) is 9.80 Å². The van der Waals surface area contributed by atoms with Gasteiger partial charge in [-0.3, -0.25) is 4.79 Å². The van der Waals surface area contributed by atoms with E-state index in [1.54, 1.807) is 7.11 Å². The van der Waals surface area contributed by atoms with Crippen LogP contribution < -0.4 is 0 Å². The SMILES string of the molecule is COCC(=O)N1CCCN(CCC(C)SC)CC1. The molecule has 0 spiro atoms. The van der Waals surface area contributed by atoms with Gasteiger partial charge in [0, 0.05) is 32.0 Å². The van der Waals surface area contributed by atoms with Gasteiger partial charge in [-0.2, -0.15) is 11.8 Å². The summed E-state index contributed by atoms with van der Waals surface area (Å²) in [4.78, 5) is 16.2. The largest absolute Gasteiger partial charge is 0.375 e. The van der Waals surface area contributed by atoms with Gasteiger partial charge in [-0.25, -0.2) is 0 Å². The average Bonchev–Trinajstić information content (AvgIpc) is 2.61. The molecule has 0 aromatic rings. The molecule has 1 fully saturated rings. The summed E-state index contributed by atoms with van der Waals surface area (Å²) in [6.07, 6.45) is 4.47. The highest BCUT2D eigenvalue weighted by Crippen LogP contribution is 2.11. The monoisotopic (exact) mass is 274 g/mol. The van der Waals surface area contributed by atoms with Crippen molar-refractivity contribution < 1.29 is 9.53 Å². The Labute approximate surface area is 115 Å². The third kappa shape index (κ3) is 5.59. The number of amides is 1. The average molecular weight is 274 g/mol. The number of carbonyl (C=O) groups is 1. The second-order valence-electron chi connectivity index (χ2n) is 4.84. The molecule has 1 unspecified atom stereocenters. The fraction of sp³-hybridized carbons (Fsp3) is 0.923. The van der Waals surface area contributed by atoms with Gasteiger partial charge in [-0.15, -0.1) is 0 Å². The molecular formula is C13H26N2O2S. The second-order valence-corrected chi connectivity index (χ2v) is 6.12. The number of rotatable bonds is 6. The van der Waals surface area contributed by atoms with Gasteiger partial charge >= 0.3 is 0 Å². The molecule has 0 N–H and O–H groups in total. The summed E-state index contributed by atoms with van der Waals surface area (Å²) in [5.41, 5.74) is 0. The minimum atomic E-state index is 0.122. The summed E-state index contributed by atoms with van der Waals surface area (Å²) < 4.78 is 4.91. The van der Waals surface area contributed by atoms with Crippen LogP contribution in [0.15, 0.2) is 0 Å². The van der Waals surface area contributed by atoms with Crippen molar-refractivity contribution in [2.45, 2.75) is 25.0 Å². The molecule has 18 heavy (non-hydrogen) atoms. The van der Waals surface area contributed by atoms with Crippen molar-refractivity contribution in [3.05, 3.63) is 0 Å². The van der Waals surface area contributed by atoms with E-state index in [0.717, 1.165) is 44.4 Å². The summed E-state index contributed by atoms with van der Waals surface area (Å²) in [5.74, 6) is 0.122. The van der Waals surface area contributed by atoms with Gasteiger partial charge in [0.1, 0.15) is 6.61 Å². The molecule has 0 bridgehead atoms. The maximum absolute atomic E-state index is 11.7. The highest BCUT2D eigenvalue weighted by molar-refractivity contribution is 7.99. The van der Waals surface area contributed by atoms with E-state index in [1.165, 1.54) is 6.42 Å². The van der Waals surface area contributed by atoms with Crippen LogP contribution in [0.4, 0.5) is 0 Å². The summed E-state index contributed by atoms with van der Waals surface area (Å²) in [7, 11) is 1.58. The molecule has 0 saturated carbocycles. The summed E-state index contributed by atoms with van der Waals surface area (Å²) in [5, 5.41) is 0.722. The number of hydrogen-bond acceptors (Lipinski definition) is 4. The van der Waals surface area contributed by atoms with Crippen LogP contribution >= 0.6 is 11.8 Å². The van der Waals surface area contributed by atoms with Crippen LogP contribution in [0, 0.1) is 0 Å². The lowest BCUT2D eigenvalue weighted by Crippen LogP contribution is -2.37. The van der Waals surface area contributed by atoms with Gasteiger partial charge < -0.3 is 14.5 Å². The van der Waals surface area contributed by atoms with Crippen molar-refractivity contribution in [3.63, 3.8) is 0 Å². The van der Waals surface area contributed by atoms with Crippen molar-refractivity contribution >= 4 is 17.7 Å². The first-order chi connectivity index (χ1) is 8.67. The summed E-state index contributed by atoms with van der Waals surface area (Å²) in [6.45, 7) is 7.45. The van der Waals surface area contributed by atoms with Crippen molar-refractivity contribution in [2.24, 2.45) is 0 Å². The van der Waals surface area contributed by atoms with Crippen molar-refractivity contribution in [3.8, 4) is 0 Å². The molecule has 0 aliphatic carbocycles. The van der Waals surface area contributed by atoms with E-state index in [4.69, 9.17) is 4.74 Å². The fourth-order valence-electron chi connectivity index (χ4n) is 2.14. The summed E-state index contributed by atoms with van der Waals surface area (Å²) >= 11 is 1.92. The van der Waals surface area contributed by atoms with Crippen LogP contribution in [-0.2, 0) is 9.53 Å². The molecule has 1 amide bonds. The third-order valence-corrected chi connectivity index (χ3v) is 4.50. The smallest absolute Gasteiger partial charge is 0.248 e. The predicted octanol–water partition coefficient (Wildman–Crippen LogP) is 1.31. The maximum Gasteiger partial charge on any atom is 0.248 e. The topological polar surface area (TPSA) is 32.8 Å². The molecule has 0 radical (unpaired) electrons. The molecule has 1 aliphatic heterocycles. The highest BCUT2D eigenvalue weighted by Gasteiger charge is 2.18. The second kappa shape index (κ2) is 8.77. The van der Waals surface area contributed by atoms with Gasteiger partial charge in [-0.05, 0) is 32.2 Å². The lowest BCUT2D eigenvalue weighted by molar-refractivity contribution is -0.135. The van der Waals surface area contributed by atoms with E-state index in [2.05, 4.69) is 18.1 Å².